The van der Waals surface area contributed by atoms with E-state index in [9.17, 15) is 0 Å². The number of nitrogens with zero attached hydrogens (tertiary/aromatic N) is 3. The van der Waals surface area contributed by atoms with E-state index in [1.54, 1.807) is 0 Å². The number of rotatable bonds is 12. The number of H-pyrrole nitrogens is 1. The van der Waals surface area contributed by atoms with Gasteiger partial charge in [0.15, 0.2) is 10.6 Å². The molecule has 3 rings (SSSR count). The molecule has 31 heavy (non-hydrogen) atoms. The van der Waals surface area contributed by atoms with Crippen LogP contribution in [0.1, 0.15) is 37.7 Å². The summed E-state index contributed by atoms with van der Waals surface area (Å²) in [6.45, 7) is 11.1. The molecule has 1 atom stereocenters. The minimum Gasteiger partial charge on any atom is -0.379 e. The lowest BCUT2D eigenvalue weighted by Gasteiger charge is -2.27. The SMILES string of the molecule is CC(C)(N)CNC(COCc1ccccc1)c1n[nH]c(=S)n1CCCN1CCOCC1. The fourth-order valence-electron chi connectivity index (χ4n) is 3.57. The van der Waals surface area contributed by atoms with Gasteiger partial charge in [-0.3, -0.25) is 10.00 Å². The minimum absolute atomic E-state index is 0.108. The molecule has 1 fully saturated rings. The molecule has 1 unspecified atom stereocenters. The largest absolute Gasteiger partial charge is 0.379 e. The minimum atomic E-state index is -0.341. The highest BCUT2D eigenvalue weighted by atomic mass is 32.1. The summed E-state index contributed by atoms with van der Waals surface area (Å²) in [6, 6.07) is 10.1. The number of ether oxygens (including phenoxy) is 2. The van der Waals surface area contributed by atoms with Gasteiger partial charge in [0.2, 0.25) is 0 Å². The van der Waals surface area contributed by atoms with Crippen molar-refractivity contribution >= 4 is 12.2 Å². The van der Waals surface area contributed by atoms with Gasteiger partial charge in [-0.05, 0) is 38.0 Å². The van der Waals surface area contributed by atoms with Crippen molar-refractivity contribution in [2.75, 3.05) is 46.0 Å². The van der Waals surface area contributed by atoms with Crippen molar-refractivity contribution in [3.63, 3.8) is 0 Å². The van der Waals surface area contributed by atoms with Gasteiger partial charge in [-0.25, -0.2) is 0 Å². The van der Waals surface area contributed by atoms with Gasteiger partial charge in [0.1, 0.15) is 0 Å². The quantitative estimate of drug-likeness (QED) is 0.429. The first kappa shape index (κ1) is 24.0. The second-order valence-corrected chi connectivity index (χ2v) is 9.16. The van der Waals surface area contributed by atoms with Crippen molar-refractivity contribution in [3.8, 4) is 0 Å². The van der Waals surface area contributed by atoms with Crippen LogP contribution < -0.4 is 11.1 Å². The van der Waals surface area contributed by atoms with Gasteiger partial charge in [0, 0.05) is 38.3 Å². The van der Waals surface area contributed by atoms with Gasteiger partial charge >= 0.3 is 0 Å². The molecule has 0 radical (unpaired) electrons. The van der Waals surface area contributed by atoms with Crippen LogP contribution in [0.4, 0.5) is 0 Å². The third kappa shape index (κ3) is 8.10. The van der Waals surface area contributed by atoms with Crippen LogP contribution in [0.5, 0.6) is 0 Å². The smallest absolute Gasteiger partial charge is 0.195 e. The second-order valence-electron chi connectivity index (χ2n) is 8.77. The zero-order chi connectivity index (χ0) is 22.1. The standard InChI is InChI=1S/C22H36N6O2S/c1-22(2,23)17-24-19(16-30-15-18-7-4-3-5-8-18)20-25-26-21(31)28(20)10-6-9-27-11-13-29-14-12-27/h3-5,7-8,19,24H,6,9-17,23H2,1-2H3,(H,26,31). The Hall–Kier alpha value is -1.62. The third-order valence-electron chi connectivity index (χ3n) is 5.26. The molecule has 0 amide bonds. The zero-order valence-corrected chi connectivity index (χ0v) is 19.5. The molecule has 0 bridgehead atoms. The molecule has 1 aromatic heterocycles. The van der Waals surface area contributed by atoms with Gasteiger partial charge in [-0.1, -0.05) is 30.3 Å². The Kier molecular flexibility index (Phi) is 9.18. The fraction of sp³-hybridized carbons (Fsp3) is 0.636. The number of nitrogens with two attached hydrogens (primary N) is 1. The highest BCUT2D eigenvalue weighted by molar-refractivity contribution is 7.71. The van der Waals surface area contributed by atoms with E-state index in [0.717, 1.165) is 57.2 Å². The Balaban J connectivity index is 1.63. The van der Waals surface area contributed by atoms with E-state index in [0.29, 0.717) is 24.5 Å². The molecule has 4 N–H and O–H groups in total. The van der Waals surface area contributed by atoms with Gasteiger partial charge in [-0.15, -0.1) is 0 Å². The Labute approximate surface area is 190 Å². The van der Waals surface area contributed by atoms with Gasteiger partial charge in [0.05, 0.1) is 32.5 Å². The van der Waals surface area contributed by atoms with Crippen LogP contribution in [0.3, 0.4) is 0 Å². The summed E-state index contributed by atoms with van der Waals surface area (Å²) in [4.78, 5) is 2.43. The molecule has 1 aliphatic rings. The summed E-state index contributed by atoms with van der Waals surface area (Å²) in [5, 5.41) is 11.0. The van der Waals surface area contributed by atoms with E-state index in [2.05, 4.69) is 37.1 Å². The molecule has 0 saturated carbocycles. The van der Waals surface area contributed by atoms with E-state index >= 15 is 0 Å². The van der Waals surface area contributed by atoms with E-state index < -0.39 is 0 Å². The average Bonchev–Trinajstić information content (AvgIpc) is 3.12. The van der Waals surface area contributed by atoms with Crippen LogP contribution in [-0.4, -0.2) is 71.2 Å². The molecule has 0 aliphatic carbocycles. The summed E-state index contributed by atoms with van der Waals surface area (Å²) in [5.74, 6) is 0.865. The predicted octanol–water partition coefficient (Wildman–Crippen LogP) is 2.25. The van der Waals surface area contributed by atoms with Crippen LogP contribution in [0.2, 0.25) is 0 Å². The monoisotopic (exact) mass is 448 g/mol. The van der Waals surface area contributed by atoms with Crippen LogP contribution in [-0.2, 0) is 22.6 Å². The first-order valence-electron chi connectivity index (χ1n) is 11.0. The summed E-state index contributed by atoms with van der Waals surface area (Å²) in [7, 11) is 0. The first-order valence-corrected chi connectivity index (χ1v) is 11.4. The van der Waals surface area contributed by atoms with Crippen LogP contribution in [0, 0.1) is 4.77 Å². The maximum Gasteiger partial charge on any atom is 0.195 e. The molecule has 8 nitrogen and oxygen atoms in total. The van der Waals surface area contributed by atoms with E-state index in [4.69, 9.17) is 27.4 Å². The summed E-state index contributed by atoms with van der Waals surface area (Å²) < 4.78 is 14.2. The summed E-state index contributed by atoms with van der Waals surface area (Å²) in [5.41, 5.74) is 7.01. The van der Waals surface area contributed by atoms with Crippen LogP contribution in [0.25, 0.3) is 0 Å². The maximum absolute atomic E-state index is 6.21. The fourth-order valence-corrected chi connectivity index (χ4v) is 3.80. The molecular formula is C22H36N6O2S. The maximum atomic E-state index is 6.21. The Morgan fingerprint density at radius 2 is 2.00 bits per heavy atom. The van der Waals surface area contributed by atoms with Gasteiger partial charge in [-0.2, -0.15) is 5.10 Å². The topological polar surface area (TPSA) is 93.4 Å². The molecular weight excluding hydrogens is 412 g/mol. The molecule has 1 aliphatic heterocycles. The highest BCUT2D eigenvalue weighted by Gasteiger charge is 2.22. The van der Waals surface area contributed by atoms with Crippen molar-refractivity contribution < 1.29 is 9.47 Å². The Bertz CT molecular complexity index is 827. The first-order chi connectivity index (χ1) is 14.9. The van der Waals surface area contributed by atoms with Gasteiger partial charge in [0.25, 0.3) is 0 Å². The zero-order valence-electron chi connectivity index (χ0n) is 18.7. The number of benzene rings is 1. The molecule has 2 heterocycles. The summed E-state index contributed by atoms with van der Waals surface area (Å²) in [6.07, 6.45) is 1.00. The van der Waals surface area contributed by atoms with Crippen molar-refractivity contribution in [1.82, 2.24) is 25.0 Å². The molecule has 9 heteroatoms. The Morgan fingerprint density at radius 1 is 1.26 bits per heavy atom. The third-order valence-corrected chi connectivity index (χ3v) is 5.57. The van der Waals surface area contributed by atoms with Crippen LogP contribution >= 0.6 is 12.2 Å². The summed E-state index contributed by atoms with van der Waals surface area (Å²) >= 11 is 5.53. The van der Waals surface area contributed by atoms with Crippen molar-refractivity contribution in [1.29, 1.82) is 0 Å². The van der Waals surface area contributed by atoms with E-state index in [-0.39, 0.29) is 11.6 Å². The molecule has 172 valence electrons. The number of morpholine rings is 1. The normalized spacial score (nSPS) is 16.5. The number of hydrogen-bond donors (Lipinski definition) is 3. The van der Waals surface area contributed by atoms with E-state index in [1.807, 2.05) is 32.0 Å². The molecule has 1 aromatic carbocycles. The van der Waals surface area contributed by atoms with Crippen LogP contribution in [0.15, 0.2) is 30.3 Å². The van der Waals surface area contributed by atoms with Crippen molar-refractivity contribution in [2.45, 2.75) is 45.0 Å². The lowest BCUT2D eigenvalue weighted by Crippen LogP contribution is -2.45. The number of hydrogen-bond acceptors (Lipinski definition) is 7. The lowest BCUT2D eigenvalue weighted by molar-refractivity contribution is 0.0368. The molecule has 0 spiro atoms. The van der Waals surface area contributed by atoms with E-state index in [1.165, 1.54) is 0 Å². The lowest BCUT2D eigenvalue weighted by atomic mass is 10.1. The molecule has 2 aromatic rings. The second kappa shape index (κ2) is 11.8. The average molecular weight is 449 g/mol. The highest BCUT2D eigenvalue weighted by Crippen LogP contribution is 2.15. The van der Waals surface area contributed by atoms with Crippen molar-refractivity contribution in [3.05, 3.63) is 46.5 Å². The van der Waals surface area contributed by atoms with Crippen molar-refractivity contribution in [2.24, 2.45) is 5.73 Å². The predicted molar refractivity (Wildman–Crippen MR) is 124 cm³/mol. The molecule has 1 saturated heterocycles. The van der Waals surface area contributed by atoms with Gasteiger partial charge < -0.3 is 25.1 Å². The number of nitrogens with one attached hydrogen (secondary N) is 2. The number of aromatic amines is 1. The number of aromatic nitrogens is 3. The Morgan fingerprint density at radius 3 is 2.71 bits per heavy atom.